The van der Waals surface area contributed by atoms with Crippen molar-refractivity contribution in [3.8, 4) is 0 Å². The fourth-order valence-electron chi connectivity index (χ4n) is 2.01. The van der Waals surface area contributed by atoms with Crippen LogP contribution in [0.1, 0.15) is 16.1 Å². The summed E-state index contributed by atoms with van der Waals surface area (Å²) in [7, 11) is 4.05. The molecule has 0 aliphatic heterocycles. The average Bonchev–Trinajstić information content (AvgIpc) is 2.77. The zero-order valence-electron chi connectivity index (χ0n) is 11.4. The Morgan fingerprint density at radius 1 is 1.42 bits per heavy atom. The van der Waals surface area contributed by atoms with Crippen molar-refractivity contribution in [1.82, 2.24) is 10.3 Å². The van der Waals surface area contributed by atoms with Gasteiger partial charge in [-0.05, 0) is 32.2 Å². The number of halogens is 1. The predicted molar refractivity (Wildman–Crippen MR) is 83.2 cm³/mol. The molecule has 2 aromatic rings. The number of anilines is 1. The number of hydrogen-bond acceptors (Lipinski definition) is 4. The largest absolute Gasteiger partial charge is 0.369 e. The molecule has 5 heteroatoms. The van der Waals surface area contributed by atoms with Crippen LogP contribution >= 0.6 is 22.9 Å². The fraction of sp³-hybridized carbons (Fsp3) is 0.357. The molecule has 0 aliphatic rings. The van der Waals surface area contributed by atoms with E-state index < -0.39 is 0 Å². The minimum Gasteiger partial charge on any atom is -0.369 e. The van der Waals surface area contributed by atoms with Crippen molar-refractivity contribution in [3.05, 3.63) is 44.9 Å². The highest BCUT2D eigenvalue weighted by atomic mass is 35.5. The van der Waals surface area contributed by atoms with Crippen molar-refractivity contribution in [3.63, 3.8) is 0 Å². The van der Waals surface area contributed by atoms with Gasteiger partial charge in [0.2, 0.25) is 0 Å². The molecule has 19 heavy (non-hydrogen) atoms. The fourth-order valence-corrected chi connectivity index (χ4v) is 3.15. The number of nitrogens with zero attached hydrogens (tertiary/aromatic N) is 2. The number of aromatic nitrogens is 1. The van der Waals surface area contributed by atoms with Gasteiger partial charge in [-0.1, -0.05) is 11.6 Å². The first kappa shape index (κ1) is 14.3. The third kappa shape index (κ3) is 3.69. The molecule has 0 spiro atoms. The molecular weight excluding hydrogens is 278 g/mol. The lowest BCUT2D eigenvalue weighted by atomic mass is 10.2. The molecule has 0 fully saturated rings. The van der Waals surface area contributed by atoms with Crippen LogP contribution in [0.25, 0.3) is 0 Å². The number of thiophene rings is 1. The monoisotopic (exact) mass is 295 g/mol. The number of pyridine rings is 1. The lowest BCUT2D eigenvalue weighted by Crippen LogP contribution is -2.19. The van der Waals surface area contributed by atoms with E-state index in [9.17, 15) is 0 Å². The van der Waals surface area contributed by atoms with Crippen LogP contribution in [0.15, 0.2) is 24.4 Å². The van der Waals surface area contributed by atoms with Gasteiger partial charge >= 0.3 is 0 Å². The molecule has 0 amide bonds. The van der Waals surface area contributed by atoms with Crippen LogP contribution in [0.4, 0.5) is 5.69 Å². The van der Waals surface area contributed by atoms with E-state index in [1.165, 1.54) is 16.1 Å². The minimum atomic E-state index is 0.818. The first-order chi connectivity index (χ1) is 9.10. The summed E-state index contributed by atoms with van der Waals surface area (Å²) in [5.74, 6) is 0. The zero-order valence-corrected chi connectivity index (χ0v) is 13.0. The Kier molecular flexibility index (Phi) is 4.80. The van der Waals surface area contributed by atoms with Crippen LogP contribution in [-0.4, -0.2) is 19.1 Å². The number of nitrogens with one attached hydrogen (secondary N) is 1. The van der Waals surface area contributed by atoms with E-state index in [4.69, 9.17) is 11.6 Å². The van der Waals surface area contributed by atoms with Crippen LogP contribution in [0.5, 0.6) is 0 Å². The van der Waals surface area contributed by atoms with E-state index >= 15 is 0 Å². The van der Waals surface area contributed by atoms with Crippen LogP contribution < -0.4 is 10.2 Å². The van der Waals surface area contributed by atoms with E-state index in [1.54, 1.807) is 11.3 Å². The number of hydrogen-bond donors (Lipinski definition) is 1. The summed E-state index contributed by atoms with van der Waals surface area (Å²) in [5, 5.41) is 3.18. The summed E-state index contributed by atoms with van der Waals surface area (Å²) in [6.07, 6.45) is 1.94. The van der Waals surface area contributed by atoms with E-state index in [-0.39, 0.29) is 0 Å². The molecule has 0 bridgehead atoms. The van der Waals surface area contributed by atoms with Gasteiger partial charge in [-0.3, -0.25) is 4.98 Å². The second-order valence-corrected chi connectivity index (χ2v) is 6.35. The molecule has 102 valence electrons. The second kappa shape index (κ2) is 6.37. The van der Waals surface area contributed by atoms with Gasteiger partial charge in [-0.2, -0.15) is 0 Å². The van der Waals surface area contributed by atoms with Crippen molar-refractivity contribution in [2.45, 2.75) is 20.0 Å². The summed E-state index contributed by atoms with van der Waals surface area (Å²) in [6, 6.07) is 6.15. The molecule has 0 atom stereocenters. The van der Waals surface area contributed by atoms with Crippen molar-refractivity contribution in [2.24, 2.45) is 0 Å². The van der Waals surface area contributed by atoms with E-state index in [0.717, 1.165) is 23.1 Å². The lowest BCUT2D eigenvalue weighted by Gasteiger charge is -2.22. The highest BCUT2D eigenvalue weighted by molar-refractivity contribution is 7.16. The highest BCUT2D eigenvalue weighted by Gasteiger charge is 2.10. The maximum absolute atomic E-state index is 5.98. The molecule has 0 unspecified atom stereocenters. The standard InChI is InChI=1S/C14H18ClN3S/c1-10-6-13(11(7-16-2)8-17-10)18(3)9-12-4-5-14(15)19-12/h4-6,8,16H,7,9H2,1-3H3. The summed E-state index contributed by atoms with van der Waals surface area (Å²) in [6.45, 7) is 3.69. The van der Waals surface area contributed by atoms with Gasteiger partial charge in [-0.25, -0.2) is 0 Å². The lowest BCUT2D eigenvalue weighted by molar-refractivity contribution is 0.800. The van der Waals surface area contributed by atoms with Crippen LogP contribution in [0.2, 0.25) is 4.34 Å². The van der Waals surface area contributed by atoms with Gasteiger partial charge in [0.25, 0.3) is 0 Å². The zero-order chi connectivity index (χ0) is 13.8. The second-order valence-electron chi connectivity index (χ2n) is 4.55. The predicted octanol–water partition coefficient (Wildman–Crippen LogP) is 3.46. The Bertz CT molecular complexity index is 553. The molecule has 2 rings (SSSR count). The highest BCUT2D eigenvalue weighted by Crippen LogP contribution is 2.26. The van der Waals surface area contributed by atoms with Crippen LogP contribution in [0, 0.1) is 6.92 Å². The third-order valence-electron chi connectivity index (χ3n) is 2.90. The third-order valence-corrected chi connectivity index (χ3v) is 4.11. The van der Waals surface area contributed by atoms with E-state index in [1.807, 2.05) is 26.2 Å². The minimum absolute atomic E-state index is 0.818. The molecular formula is C14H18ClN3S. The molecule has 2 aromatic heterocycles. The van der Waals surface area contributed by atoms with E-state index in [0.29, 0.717) is 0 Å². The Hall–Kier alpha value is -1.10. The molecule has 3 nitrogen and oxygen atoms in total. The smallest absolute Gasteiger partial charge is 0.0931 e. The average molecular weight is 296 g/mol. The maximum Gasteiger partial charge on any atom is 0.0931 e. The first-order valence-corrected chi connectivity index (χ1v) is 7.35. The topological polar surface area (TPSA) is 28.2 Å². The SMILES string of the molecule is CNCc1cnc(C)cc1N(C)Cc1ccc(Cl)s1. The molecule has 0 aromatic carbocycles. The molecule has 0 saturated heterocycles. The molecule has 0 aliphatic carbocycles. The van der Waals surface area contributed by atoms with Crippen LogP contribution in [-0.2, 0) is 13.1 Å². The summed E-state index contributed by atoms with van der Waals surface area (Å²) in [4.78, 5) is 7.87. The van der Waals surface area contributed by atoms with Gasteiger partial charge in [-0.15, -0.1) is 11.3 Å². The summed E-state index contributed by atoms with van der Waals surface area (Å²) >= 11 is 7.60. The number of rotatable bonds is 5. The maximum atomic E-state index is 5.98. The van der Waals surface area contributed by atoms with Gasteiger partial charge < -0.3 is 10.2 Å². The molecule has 0 radical (unpaired) electrons. The van der Waals surface area contributed by atoms with Crippen molar-refractivity contribution >= 4 is 28.6 Å². The first-order valence-electron chi connectivity index (χ1n) is 6.15. The number of aryl methyl sites for hydroxylation is 1. The van der Waals surface area contributed by atoms with Crippen molar-refractivity contribution in [1.29, 1.82) is 0 Å². The summed E-state index contributed by atoms with van der Waals surface area (Å²) < 4.78 is 0.838. The van der Waals surface area contributed by atoms with Gasteiger partial charge in [0.1, 0.15) is 0 Å². The van der Waals surface area contributed by atoms with E-state index in [2.05, 4.69) is 34.4 Å². The van der Waals surface area contributed by atoms with Crippen LogP contribution in [0.3, 0.4) is 0 Å². The van der Waals surface area contributed by atoms with Gasteiger partial charge in [0.15, 0.2) is 0 Å². The quantitative estimate of drug-likeness (QED) is 0.915. The van der Waals surface area contributed by atoms with Gasteiger partial charge in [0.05, 0.1) is 10.9 Å². The van der Waals surface area contributed by atoms with Gasteiger partial charge in [0, 0.05) is 41.6 Å². The molecule has 0 saturated carbocycles. The molecule has 2 heterocycles. The summed E-state index contributed by atoms with van der Waals surface area (Å²) in [5.41, 5.74) is 3.45. The normalized spacial score (nSPS) is 10.7. The van der Waals surface area contributed by atoms with Crippen molar-refractivity contribution < 1.29 is 0 Å². The Morgan fingerprint density at radius 2 is 2.21 bits per heavy atom. The Labute approximate surface area is 123 Å². The Morgan fingerprint density at radius 3 is 2.84 bits per heavy atom. The Balaban J connectivity index is 2.21. The van der Waals surface area contributed by atoms with Crippen molar-refractivity contribution in [2.75, 3.05) is 19.0 Å². The molecule has 1 N–H and O–H groups in total.